The maximum absolute atomic E-state index is 5.45. The molecule has 0 aromatic rings. The molecule has 3 fully saturated rings. The van der Waals surface area contributed by atoms with E-state index in [1.807, 2.05) is 0 Å². The van der Waals surface area contributed by atoms with Gasteiger partial charge in [0, 0.05) is 6.42 Å². The third-order valence-electron chi connectivity index (χ3n) is 2.82. The molecule has 10 heavy (non-hydrogen) atoms. The van der Waals surface area contributed by atoms with Gasteiger partial charge in [-0.1, -0.05) is 0 Å². The Balaban J connectivity index is 1.69. The van der Waals surface area contributed by atoms with Crippen LogP contribution in [-0.2, 0) is 9.47 Å². The van der Waals surface area contributed by atoms with Crippen LogP contribution >= 0.6 is 0 Å². The highest BCUT2D eigenvalue weighted by Gasteiger charge is 2.49. The van der Waals surface area contributed by atoms with Crippen LogP contribution in [0.25, 0.3) is 0 Å². The molecule has 0 aromatic heterocycles. The molecule has 0 bridgehead atoms. The molecule has 2 heterocycles. The highest BCUT2D eigenvalue weighted by molar-refractivity contribution is 4.97. The molecule has 1 saturated carbocycles. The van der Waals surface area contributed by atoms with E-state index in [0.717, 1.165) is 0 Å². The van der Waals surface area contributed by atoms with Gasteiger partial charge in [0.25, 0.3) is 0 Å². The number of hydrogen-bond donors (Lipinski definition) is 0. The average molecular weight is 140 g/mol. The zero-order valence-electron chi connectivity index (χ0n) is 5.95. The van der Waals surface area contributed by atoms with Gasteiger partial charge < -0.3 is 9.47 Å². The van der Waals surface area contributed by atoms with E-state index in [9.17, 15) is 0 Å². The van der Waals surface area contributed by atoms with E-state index in [0.29, 0.717) is 24.4 Å². The van der Waals surface area contributed by atoms with Crippen LogP contribution in [0.4, 0.5) is 0 Å². The summed E-state index contributed by atoms with van der Waals surface area (Å²) >= 11 is 0. The maximum Gasteiger partial charge on any atom is 0.0867 e. The van der Waals surface area contributed by atoms with Crippen molar-refractivity contribution in [2.24, 2.45) is 0 Å². The second-order valence-electron chi connectivity index (χ2n) is 3.59. The molecule has 0 N–H and O–H groups in total. The molecule has 0 aromatic carbocycles. The molecule has 2 saturated heterocycles. The summed E-state index contributed by atoms with van der Waals surface area (Å²) in [6, 6.07) is 0. The predicted octanol–water partition coefficient (Wildman–Crippen LogP) is 1.10. The van der Waals surface area contributed by atoms with Crippen LogP contribution in [0.1, 0.15) is 25.7 Å². The molecule has 4 atom stereocenters. The average Bonchev–Trinajstić information content (AvgIpc) is 2.75. The molecule has 0 radical (unpaired) electrons. The summed E-state index contributed by atoms with van der Waals surface area (Å²) in [5.74, 6) is 0. The zero-order chi connectivity index (χ0) is 6.55. The Kier molecular flexibility index (Phi) is 0.968. The Hall–Kier alpha value is -0.0800. The first-order valence-electron chi connectivity index (χ1n) is 4.24. The van der Waals surface area contributed by atoms with Gasteiger partial charge in [0.1, 0.15) is 0 Å². The maximum atomic E-state index is 5.45. The predicted molar refractivity (Wildman–Crippen MR) is 35.8 cm³/mol. The van der Waals surface area contributed by atoms with Gasteiger partial charge in [-0.25, -0.2) is 0 Å². The van der Waals surface area contributed by atoms with Crippen LogP contribution < -0.4 is 0 Å². The van der Waals surface area contributed by atoms with Gasteiger partial charge in [-0.15, -0.1) is 0 Å². The lowest BCUT2D eigenvalue weighted by Gasteiger charge is -1.97. The summed E-state index contributed by atoms with van der Waals surface area (Å²) in [7, 11) is 0. The minimum Gasteiger partial charge on any atom is -0.369 e. The summed E-state index contributed by atoms with van der Waals surface area (Å²) in [6.07, 6.45) is 7.42. The first kappa shape index (κ1) is 5.56. The first-order valence-corrected chi connectivity index (χ1v) is 4.24. The van der Waals surface area contributed by atoms with Gasteiger partial charge in [0.15, 0.2) is 0 Å². The molecule has 3 aliphatic rings. The number of epoxide rings is 2. The highest BCUT2D eigenvalue weighted by Crippen LogP contribution is 2.41. The minimum absolute atomic E-state index is 0.579. The molecule has 0 amide bonds. The molecule has 4 unspecified atom stereocenters. The second kappa shape index (κ2) is 1.74. The second-order valence-corrected chi connectivity index (χ2v) is 3.59. The van der Waals surface area contributed by atoms with Crippen molar-refractivity contribution in [3.63, 3.8) is 0 Å². The molecule has 3 rings (SSSR count). The van der Waals surface area contributed by atoms with Crippen LogP contribution in [0, 0.1) is 0 Å². The molecule has 2 nitrogen and oxygen atoms in total. The third-order valence-corrected chi connectivity index (χ3v) is 2.82. The van der Waals surface area contributed by atoms with E-state index < -0.39 is 0 Å². The minimum atomic E-state index is 0.579. The summed E-state index contributed by atoms with van der Waals surface area (Å²) in [4.78, 5) is 0. The molecular weight excluding hydrogens is 128 g/mol. The number of hydrogen-bond acceptors (Lipinski definition) is 2. The van der Waals surface area contributed by atoms with Crippen LogP contribution in [-0.4, -0.2) is 24.4 Å². The zero-order valence-corrected chi connectivity index (χ0v) is 5.95. The van der Waals surface area contributed by atoms with Crippen molar-refractivity contribution in [2.75, 3.05) is 0 Å². The van der Waals surface area contributed by atoms with Crippen LogP contribution in [0.3, 0.4) is 0 Å². The van der Waals surface area contributed by atoms with E-state index in [-0.39, 0.29) is 0 Å². The Morgan fingerprint density at radius 1 is 0.800 bits per heavy atom. The fourth-order valence-corrected chi connectivity index (χ4v) is 2.03. The number of rotatable bonds is 0. The fourth-order valence-electron chi connectivity index (χ4n) is 2.03. The Bertz CT molecular complexity index is 141. The fraction of sp³-hybridized carbons (Fsp3) is 1.00. The van der Waals surface area contributed by atoms with E-state index in [1.165, 1.54) is 25.7 Å². The van der Waals surface area contributed by atoms with E-state index in [2.05, 4.69) is 0 Å². The highest BCUT2D eigenvalue weighted by atomic mass is 16.6. The SMILES string of the molecule is C1CC2OC2CC2OC2C1. The van der Waals surface area contributed by atoms with Crippen molar-refractivity contribution in [3.8, 4) is 0 Å². The topological polar surface area (TPSA) is 25.1 Å². The van der Waals surface area contributed by atoms with E-state index >= 15 is 0 Å². The van der Waals surface area contributed by atoms with Gasteiger partial charge in [0.2, 0.25) is 0 Å². The van der Waals surface area contributed by atoms with Crippen molar-refractivity contribution in [1.82, 2.24) is 0 Å². The van der Waals surface area contributed by atoms with E-state index in [4.69, 9.17) is 9.47 Å². The van der Waals surface area contributed by atoms with Crippen molar-refractivity contribution >= 4 is 0 Å². The van der Waals surface area contributed by atoms with Crippen LogP contribution in [0.2, 0.25) is 0 Å². The normalized spacial score (nSPS) is 57.6. The molecule has 0 spiro atoms. The largest absolute Gasteiger partial charge is 0.369 e. The lowest BCUT2D eigenvalue weighted by Crippen LogP contribution is -2.05. The van der Waals surface area contributed by atoms with Crippen molar-refractivity contribution in [3.05, 3.63) is 0 Å². The molecular formula is C8H12O2. The smallest absolute Gasteiger partial charge is 0.0867 e. The molecule has 1 aliphatic carbocycles. The van der Waals surface area contributed by atoms with Gasteiger partial charge in [-0.3, -0.25) is 0 Å². The first-order chi connectivity index (χ1) is 4.93. The Labute approximate surface area is 60.5 Å². The van der Waals surface area contributed by atoms with Gasteiger partial charge in [0.05, 0.1) is 24.4 Å². The van der Waals surface area contributed by atoms with E-state index in [1.54, 1.807) is 0 Å². The summed E-state index contributed by atoms with van der Waals surface area (Å²) in [5.41, 5.74) is 0. The third kappa shape index (κ3) is 0.789. The van der Waals surface area contributed by atoms with Gasteiger partial charge >= 0.3 is 0 Å². The molecule has 2 heteroatoms. The van der Waals surface area contributed by atoms with Crippen molar-refractivity contribution < 1.29 is 9.47 Å². The van der Waals surface area contributed by atoms with Crippen molar-refractivity contribution in [1.29, 1.82) is 0 Å². The monoisotopic (exact) mass is 140 g/mol. The number of fused-ring (bicyclic) bond motifs is 2. The summed E-state index contributed by atoms with van der Waals surface area (Å²) in [5, 5.41) is 0. The van der Waals surface area contributed by atoms with Gasteiger partial charge in [-0.2, -0.15) is 0 Å². The van der Waals surface area contributed by atoms with Gasteiger partial charge in [-0.05, 0) is 19.3 Å². The van der Waals surface area contributed by atoms with Crippen molar-refractivity contribution in [2.45, 2.75) is 50.1 Å². The van der Waals surface area contributed by atoms with Crippen LogP contribution in [0.15, 0.2) is 0 Å². The lowest BCUT2D eigenvalue weighted by molar-refractivity contribution is 0.308. The molecule has 2 aliphatic heterocycles. The summed E-state index contributed by atoms with van der Waals surface area (Å²) in [6.45, 7) is 0. The lowest BCUT2D eigenvalue weighted by atomic mass is 10.0. The quantitative estimate of drug-likeness (QED) is 0.471. The molecule has 56 valence electrons. The Morgan fingerprint density at radius 3 is 2.00 bits per heavy atom. The Morgan fingerprint density at radius 2 is 1.40 bits per heavy atom. The summed E-state index contributed by atoms with van der Waals surface area (Å²) < 4.78 is 10.9. The number of ether oxygens (including phenoxy) is 2. The van der Waals surface area contributed by atoms with Crippen LogP contribution in [0.5, 0.6) is 0 Å². The standard InChI is InChI=1S/C8H12O2/c1-2-5-7(9-5)4-8-6(3-1)10-8/h5-8H,1-4H2.